The topological polar surface area (TPSA) is 55.8 Å². The van der Waals surface area contributed by atoms with Crippen LogP contribution in [0.1, 0.15) is 36.5 Å². The van der Waals surface area contributed by atoms with Crippen LogP contribution in [0.5, 0.6) is 0 Å². The molecule has 1 aliphatic rings. The van der Waals surface area contributed by atoms with E-state index in [1.807, 2.05) is 6.07 Å². The molecule has 2 rings (SSSR count). The molecule has 1 unspecified atom stereocenters. The van der Waals surface area contributed by atoms with Crippen molar-refractivity contribution in [3.63, 3.8) is 0 Å². The number of hydrogen-bond donors (Lipinski definition) is 1. The van der Waals surface area contributed by atoms with Gasteiger partial charge in [-0.3, -0.25) is 4.79 Å². The second-order valence-corrected chi connectivity index (χ2v) is 5.28. The molecule has 1 atom stereocenters. The van der Waals surface area contributed by atoms with Crippen LogP contribution in [-0.4, -0.2) is 30.4 Å². The molecule has 0 fully saturated rings. The zero-order valence-corrected chi connectivity index (χ0v) is 13.0. The van der Waals surface area contributed by atoms with Crippen molar-refractivity contribution in [1.29, 1.82) is 0 Å². The molecule has 4 nitrogen and oxygen atoms in total. The third-order valence-electron chi connectivity index (χ3n) is 3.70. The average Bonchev–Trinajstić information content (AvgIpc) is 2.55. The number of carbonyl (C=O) groups is 1. The Hall–Kier alpha value is -1.91. The highest BCUT2D eigenvalue weighted by molar-refractivity contribution is 6.11. The Morgan fingerprint density at radius 2 is 2.05 bits per heavy atom. The first-order valence-electron chi connectivity index (χ1n) is 7.52. The fourth-order valence-electron chi connectivity index (χ4n) is 2.33. The maximum Gasteiger partial charge on any atom is 0.196 e. The summed E-state index contributed by atoms with van der Waals surface area (Å²) in [6.07, 6.45) is 5.36. The molecule has 0 aliphatic heterocycles. The summed E-state index contributed by atoms with van der Waals surface area (Å²) < 4.78 is 11.2. The Kier molecular flexibility index (Phi) is 5.52. The number of rotatable bonds is 7. The summed E-state index contributed by atoms with van der Waals surface area (Å²) in [5.41, 5.74) is 0.837. The van der Waals surface area contributed by atoms with Crippen molar-refractivity contribution in [3.8, 4) is 0 Å². The number of aliphatic hydroxyl groups is 1. The Balaban J connectivity index is 2.15. The molecule has 0 saturated carbocycles. The van der Waals surface area contributed by atoms with Crippen LogP contribution in [0.15, 0.2) is 53.8 Å². The number of allylic oxidation sites excluding steroid dienone is 2. The lowest BCUT2D eigenvalue weighted by atomic mass is 9.94. The molecule has 0 bridgehead atoms. The van der Waals surface area contributed by atoms with Gasteiger partial charge in [0.1, 0.15) is 5.76 Å². The summed E-state index contributed by atoms with van der Waals surface area (Å²) in [5, 5.41) is 10.3. The number of methoxy groups -OCH3 is 1. The van der Waals surface area contributed by atoms with Gasteiger partial charge in [0, 0.05) is 12.7 Å². The number of ether oxygens (including phenoxy) is 2. The zero-order valence-electron chi connectivity index (χ0n) is 13.0. The van der Waals surface area contributed by atoms with Gasteiger partial charge in [-0.25, -0.2) is 0 Å². The van der Waals surface area contributed by atoms with Crippen LogP contribution >= 0.6 is 0 Å². The standard InChI is InChI=1S/C18H22O4/c1-3-4-12-22-18(21-2)11-10-15(16(19)13-18)17(20)14-8-6-5-7-9-14/h5-11,19H,3-4,12-13H2,1-2H3. The highest BCUT2D eigenvalue weighted by Gasteiger charge is 2.34. The molecule has 1 aliphatic carbocycles. The zero-order chi connectivity index (χ0) is 16.0. The van der Waals surface area contributed by atoms with Crippen LogP contribution in [-0.2, 0) is 9.47 Å². The molecule has 1 aromatic rings. The highest BCUT2D eigenvalue weighted by atomic mass is 16.7. The van der Waals surface area contributed by atoms with Gasteiger partial charge in [-0.05, 0) is 18.6 Å². The maximum atomic E-state index is 12.4. The maximum absolute atomic E-state index is 12.4. The number of carbonyl (C=O) groups excluding carboxylic acids is 1. The first-order valence-corrected chi connectivity index (χ1v) is 7.52. The monoisotopic (exact) mass is 302 g/mol. The molecule has 1 N–H and O–H groups in total. The first-order chi connectivity index (χ1) is 10.6. The summed E-state index contributed by atoms with van der Waals surface area (Å²) in [5.74, 6) is -1.19. The van der Waals surface area contributed by atoms with Gasteiger partial charge in [-0.2, -0.15) is 0 Å². The van der Waals surface area contributed by atoms with E-state index in [1.54, 1.807) is 36.4 Å². The third-order valence-corrected chi connectivity index (χ3v) is 3.70. The largest absolute Gasteiger partial charge is 0.511 e. The number of ketones is 1. The minimum absolute atomic E-state index is 0.00491. The number of unbranched alkanes of at least 4 members (excludes halogenated alkanes) is 1. The molecule has 0 spiro atoms. The van der Waals surface area contributed by atoms with Gasteiger partial charge >= 0.3 is 0 Å². The lowest BCUT2D eigenvalue weighted by Gasteiger charge is -2.32. The second-order valence-electron chi connectivity index (χ2n) is 5.28. The van der Waals surface area contributed by atoms with E-state index in [4.69, 9.17) is 9.47 Å². The molecule has 0 amide bonds. The molecule has 0 aromatic heterocycles. The van der Waals surface area contributed by atoms with E-state index in [9.17, 15) is 9.90 Å². The minimum atomic E-state index is -0.986. The number of Topliss-reactive ketones (excluding diaryl/α,β-unsaturated/α-hetero) is 1. The van der Waals surface area contributed by atoms with Gasteiger partial charge in [0.05, 0.1) is 18.6 Å². The molecular weight excluding hydrogens is 280 g/mol. The lowest BCUT2D eigenvalue weighted by Crippen LogP contribution is -2.36. The van der Waals surface area contributed by atoms with E-state index < -0.39 is 5.79 Å². The summed E-state index contributed by atoms with van der Waals surface area (Å²) in [4.78, 5) is 12.4. The molecule has 0 saturated heterocycles. The Morgan fingerprint density at radius 3 is 2.64 bits per heavy atom. The van der Waals surface area contributed by atoms with Gasteiger partial charge in [0.2, 0.25) is 0 Å². The van der Waals surface area contributed by atoms with Gasteiger partial charge in [0.25, 0.3) is 0 Å². The summed E-state index contributed by atoms with van der Waals surface area (Å²) in [7, 11) is 1.54. The molecular formula is C18H22O4. The van der Waals surface area contributed by atoms with Gasteiger partial charge in [0.15, 0.2) is 11.6 Å². The highest BCUT2D eigenvalue weighted by Crippen LogP contribution is 2.31. The van der Waals surface area contributed by atoms with Gasteiger partial charge < -0.3 is 14.6 Å². The lowest BCUT2D eigenvalue weighted by molar-refractivity contribution is -0.191. The third kappa shape index (κ3) is 3.64. The van der Waals surface area contributed by atoms with Crippen molar-refractivity contribution >= 4 is 5.78 Å². The normalized spacial score (nSPS) is 21.2. The quantitative estimate of drug-likeness (QED) is 0.473. The fraction of sp³-hybridized carbons (Fsp3) is 0.389. The van der Waals surface area contributed by atoms with Gasteiger partial charge in [-0.15, -0.1) is 0 Å². The van der Waals surface area contributed by atoms with Crippen molar-refractivity contribution in [2.24, 2.45) is 0 Å². The number of aliphatic hydroxyl groups excluding tert-OH is 1. The van der Waals surface area contributed by atoms with E-state index in [-0.39, 0.29) is 23.5 Å². The van der Waals surface area contributed by atoms with E-state index in [1.165, 1.54) is 7.11 Å². The van der Waals surface area contributed by atoms with Crippen molar-refractivity contribution in [1.82, 2.24) is 0 Å². The SMILES string of the molecule is CCCCOC1(OC)C=CC(C(=O)c2ccccc2)=C(O)C1. The van der Waals surface area contributed by atoms with Crippen LogP contribution < -0.4 is 0 Å². The van der Waals surface area contributed by atoms with Crippen molar-refractivity contribution in [2.45, 2.75) is 32.0 Å². The van der Waals surface area contributed by atoms with E-state index in [0.29, 0.717) is 12.2 Å². The fourth-order valence-corrected chi connectivity index (χ4v) is 2.33. The van der Waals surface area contributed by atoms with Crippen molar-refractivity contribution in [2.75, 3.05) is 13.7 Å². The predicted octanol–water partition coefficient (Wildman–Crippen LogP) is 3.80. The van der Waals surface area contributed by atoms with Crippen LogP contribution in [0.2, 0.25) is 0 Å². The van der Waals surface area contributed by atoms with Crippen LogP contribution in [0, 0.1) is 0 Å². The predicted molar refractivity (Wildman–Crippen MR) is 84.8 cm³/mol. The number of hydrogen-bond acceptors (Lipinski definition) is 4. The molecule has 0 radical (unpaired) electrons. The smallest absolute Gasteiger partial charge is 0.196 e. The Bertz CT molecular complexity index is 574. The number of benzene rings is 1. The van der Waals surface area contributed by atoms with Crippen molar-refractivity contribution < 1.29 is 19.4 Å². The van der Waals surface area contributed by atoms with Crippen LogP contribution in [0.4, 0.5) is 0 Å². The van der Waals surface area contributed by atoms with E-state index >= 15 is 0 Å². The van der Waals surface area contributed by atoms with Crippen LogP contribution in [0.25, 0.3) is 0 Å². The molecule has 4 heteroatoms. The van der Waals surface area contributed by atoms with Crippen LogP contribution in [0.3, 0.4) is 0 Å². The van der Waals surface area contributed by atoms with E-state index in [2.05, 4.69) is 6.92 Å². The first kappa shape index (κ1) is 16.5. The minimum Gasteiger partial charge on any atom is -0.511 e. The molecule has 118 valence electrons. The second kappa shape index (κ2) is 7.38. The Morgan fingerprint density at radius 1 is 1.32 bits per heavy atom. The molecule has 1 aromatic carbocycles. The van der Waals surface area contributed by atoms with E-state index in [0.717, 1.165) is 12.8 Å². The Labute approximate surface area is 131 Å². The molecule has 0 heterocycles. The van der Waals surface area contributed by atoms with Crippen molar-refractivity contribution in [3.05, 3.63) is 59.4 Å². The summed E-state index contributed by atoms with van der Waals surface area (Å²) in [6.45, 7) is 2.62. The average molecular weight is 302 g/mol. The molecule has 22 heavy (non-hydrogen) atoms. The summed E-state index contributed by atoms with van der Waals surface area (Å²) in [6, 6.07) is 8.90. The van der Waals surface area contributed by atoms with Gasteiger partial charge in [-0.1, -0.05) is 43.7 Å². The summed E-state index contributed by atoms with van der Waals surface area (Å²) >= 11 is 0.